The average molecular weight is 263 g/mol. The Morgan fingerprint density at radius 1 is 1.26 bits per heavy atom. The summed E-state index contributed by atoms with van der Waals surface area (Å²) in [4.78, 5) is 6.99. The first-order valence-electron chi connectivity index (χ1n) is 7.54. The van der Waals surface area contributed by atoms with Crippen LogP contribution in [0.1, 0.15) is 45.0 Å². The molecular formula is C16H29N3. The smallest absolute Gasteiger partial charge is 0.0544 e. The molecule has 3 heteroatoms. The van der Waals surface area contributed by atoms with E-state index < -0.39 is 0 Å². The van der Waals surface area contributed by atoms with Gasteiger partial charge in [0.15, 0.2) is 0 Å². The lowest BCUT2D eigenvalue weighted by molar-refractivity contribution is 0.290. The highest BCUT2D eigenvalue weighted by atomic mass is 15.1. The highest BCUT2D eigenvalue weighted by Gasteiger charge is 2.04. The van der Waals surface area contributed by atoms with Gasteiger partial charge in [-0.05, 0) is 58.5 Å². The fourth-order valence-corrected chi connectivity index (χ4v) is 2.24. The van der Waals surface area contributed by atoms with Crippen LogP contribution in [-0.2, 0) is 6.54 Å². The molecule has 0 aromatic carbocycles. The first kappa shape index (κ1) is 16.1. The number of nitrogens with zero attached hydrogens (tertiary/aromatic N) is 2. The number of aromatic nitrogens is 1. The molecule has 1 aromatic heterocycles. The maximum Gasteiger partial charge on any atom is 0.0544 e. The molecule has 0 saturated carbocycles. The van der Waals surface area contributed by atoms with Gasteiger partial charge >= 0.3 is 0 Å². The second-order valence-electron chi connectivity index (χ2n) is 5.22. The number of hydrogen-bond donors (Lipinski definition) is 1. The predicted molar refractivity (Wildman–Crippen MR) is 82.3 cm³/mol. The molecular weight excluding hydrogens is 234 g/mol. The summed E-state index contributed by atoms with van der Waals surface area (Å²) in [6, 6.07) is 6.75. The average Bonchev–Trinajstić information content (AvgIpc) is 2.41. The molecule has 1 aromatic rings. The number of rotatable bonds is 9. The maximum absolute atomic E-state index is 4.51. The predicted octanol–water partition coefficient (Wildman–Crippen LogP) is 2.99. The minimum atomic E-state index is 0.554. The lowest BCUT2D eigenvalue weighted by atomic mass is 10.1. The van der Waals surface area contributed by atoms with E-state index in [1.54, 1.807) is 0 Å². The van der Waals surface area contributed by atoms with Crippen LogP contribution in [0.25, 0.3) is 0 Å². The summed E-state index contributed by atoms with van der Waals surface area (Å²) >= 11 is 0. The van der Waals surface area contributed by atoms with Gasteiger partial charge in [0.2, 0.25) is 0 Å². The van der Waals surface area contributed by atoms with Gasteiger partial charge in [0.05, 0.1) is 5.69 Å². The van der Waals surface area contributed by atoms with Crippen molar-refractivity contribution >= 4 is 0 Å². The zero-order chi connectivity index (χ0) is 14.1. The molecule has 0 aliphatic rings. The second kappa shape index (κ2) is 9.05. The SMILES string of the molecule is CCN(CC)CCCC(C)NCc1cccc(C)n1. The minimum absolute atomic E-state index is 0.554. The van der Waals surface area contributed by atoms with Crippen LogP contribution in [0.4, 0.5) is 0 Å². The van der Waals surface area contributed by atoms with Gasteiger partial charge in [0, 0.05) is 18.3 Å². The van der Waals surface area contributed by atoms with Crippen molar-refractivity contribution in [1.82, 2.24) is 15.2 Å². The summed E-state index contributed by atoms with van der Waals surface area (Å²) < 4.78 is 0. The number of aryl methyl sites for hydroxylation is 1. The summed E-state index contributed by atoms with van der Waals surface area (Å²) in [5, 5.41) is 3.55. The van der Waals surface area contributed by atoms with Crippen LogP contribution in [0.15, 0.2) is 18.2 Å². The van der Waals surface area contributed by atoms with Crippen molar-refractivity contribution in [3.63, 3.8) is 0 Å². The van der Waals surface area contributed by atoms with Crippen LogP contribution < -0.4 is 5.32 Å². The Bertz CT molecular complexity index is 348. The van der Waals surface area contributed by atoms with Crippen molar-refractivity contribution in [2.45, 2.75) is 53.1 Å². The molecule has 19 heavy (non-hydrogen) atoms. The highest BCUT2D eigenvalue weighted by Crippen LogP contribution is 2.02. The molecule has 0 aliphatic heterocycles. The largest absolute Gasteiger partial charge is 0.309 e. The van der Waals surface area contributed by atoms with E-state index in [0.29, 0.717) is 6.04 Å². The molecule has 0 aliphatic carbocycles. The van der Waals surface area contributed by atoms with Crippen molar-refractivity contribution in [2.24, 2.45) is 0 Å². The lowest BCUT2D eigenvalue weighted by Gasteiger charge is -2.19. The Hall–Kier alpha value is -0.930. The third-order valence-electron chi connectivity index (χ3n) is 3.58. The van der Waals surface area contributed by atoms with Gasteiger partial charge in [0.1, 0.15) is 0 Å². The molecule has 0 amide bonds. The first-order valence-corrected chi connectivity index (χ1v) is 7.54. The lowest BCUT2D eigenvalue weighted by Crippen LogP contribution is -2.29. The Balaban J connectivity index is 2.19. The number of pyridine rings is 1. The molecule has 3 nitrogen and oxygen atoms in total. The normalized spacial score (nSPS) is 12.9. The number of nitrogens with one attached hydrogen (secondary N) is 1. The van der Waals surface area contributed by atoms with Gasteiger partial charge < -0.3 is 10.2 Å². The van der Waals surface area contributed by atoms with Gasteiger partial charge in [-0.3, -0.25) is 4.98 Å². The molecule has 1 N–H and O–H groups in total. The van der Waals surface area contributed by atoms with E-state index in [-0.39, 0.29) is 0 Å². The molecule has 0 fully saturated rings. The number of hydrogen-bond acceptors (Lipinski definition) is 3. The maximum atomic E-state index is 4.51. The van der Waals surface area contributed by atoms with Crippen molar-refractivity contribution in [3.05, 3.63) is 29.6 Å². The van der Waals surface area contributed by atoms with Gasteiger partial charge in [0.25, 0.3) is 0 Å². The molecule has 0 saturated heterocycles. The fourth-order valence-electron chi connectivity index (χ4n) is 2.24. The van der Waals surface area contributed by atoms with Crippen LogP contribution in [0, 0.1) is 6.92 Å². The van der Waals surface area contributed by atoms with Gasteiger partial charge in [-0.1, -0.05) is 19.9 Å². The van der Waals surface area contributed by atoms with Crippen LogP contribution in [0.5, 0.6) is 0 Å². The minimum Gasteiger partial charge on any atom is -0.309 e. The topological polar surface area (TPSA) is 28.2 Å². The summed E-state index contributed by atoms with van der Waals surface area (Å²) in [7, 11) is 0. The molecule has 0 spiro atoms. The summed E-state index contributed by atoms with van der Waals surface area (Å²) in [6.07, 6.45) is 2.49. The van der Waals surface area contributed by atoms with E-state index >= 15 is 0 Å². The molecule has 108 valence electrons. The van der Waals surface area contributed by atoms with Gasteiger partial charge in [-0.25, -0.2) is 0 Å². The van der Waals surface area contributed by atoms with Crippen LogP contribution in [0.2, 0.25) is 0 Å². The summed E-state index contributed by atoms with van der Waals surface area (Å²) in [6.45, 7) is 13.2. The van der Waals surface area contributed by atoms with E-state index in [9.17, 15) is 0 Å². The fraction of sp³-hybridized carbons (Fsp3) is 0.688. The molecule has 1 rings (SSSR count). The monoisotopic (exact) mass is 263 g/mol. The van der Waals surface area contributed by atoms with E-state index in [0.717, 1.165) is 31.0 Å². The van der Waals surface area contributed by atoms with Gasteiger partial charge in [-0.2, -0.15) is 0 Å². The van der Waals surface area contributed by atoms with Crippen molar-refractivity contribution < 1.29 is 0 Å². The van der Waals surface area contributed by atoms with E-state index in [1.807, 2.05) is 13.0 Å². The van der Waals surface area contributed by atoms with E-state index in [1.165, 1.54) is 19.4 Å². The Labute approximate surface area is 118 Å². The summed E-state index contributed by atoms with van der Waals surface area (Å²) in [5.74, 6) is 0. The molecule has 1 heterocycles. The Kier molecular flexibility index (Phi) is 7.68. The van der Waals surface area contributed by atoms with Crippen molar-refractivity contribution in [1.29, 1.82) is 0 Å². The zero-order valence-corrected chi connectivity index (χ0v) is 12.9. The Morgan fingerprint density at radius 3 is 2.63 bits per heavy atom. The standard InChI is InChI=1S/C16H29N3/c1-5-19(6-2)12-8-10-14(3)17-13-16-11-7-9-15(4)18-16/h7,9,11,14,17H,5-6,8,10,12-13H2,1-4H3. The van der Waals surface area contributed by atoms with Crippen LogP contribution >= 0.6 is 0 Å². The van der Waals surface area contributed by atoms with Crippen molar-refractivity contribution in [2.75, 3.05) is 19.6 Å². The van der Waals surface area contributed by atoms with Crippen molar-refractivity contribution in [3.8, 4) is 0 Å². The molecule has 1 atom stereocenters. The van der Waals surface area contributed by atoms with E-state index in [2.05, 4.69) is 48.1 Å². The van der Waals surface area contributed by atoms with Gasteiger partial charge in [-0.15, -0.1) is 0 Å². The Morgan fingerprint density at radius 2 is 2.00 bits per heavy atom. The third kappa shape index (κ3) is 6.69. The molecule has 0 radical (unpaired) electrons. The third-order valence-corrected chi connectivity index (χ3v) is 3.58. The molecule has 0 bridgehead atoms. The first-order chi connectivity index (χ1) is 9.15. The quantitative estimate of drug-likeness (QED) is 0.742. The second-order valence-corrected chi connectivity index (χ2v) is 5.22. The van der Waals surface area contributed by atoms with Crippen LogP contribution in [-0.4, -0.2) is 35.6 Å². The zero-order valence-electron chi connectivity index (χ0n) is 12.9. The molecule has 1 unspecified atom stereocenters. The summed E-state index contributed by atoms with van der Waals surface area (Å²) in [5.41, 5.74) is 2.23. The van der Waals surface area contributed by atoms with E-state index in [4.69, 9.17) is 0 Å². The van der Waals surface area contributed by atoms with Crippen LogP contribution in [0.3, 0.4) is 0 Å². The highest BCUT2D eigenvalue weighted by molar-refractivity contribution is 5.09.